The summed E-state index contributed by atoms with van der Waals surface area (Å²) in [6, 6.07) is 0. The summed E-state index contributed by atoms with van der Waals surface area (Å²) >= 11 is 0. The molecule has 2 heterocycles. The van der Waals surface area contributed by atoms with Crippen LogP contribution in [0.3, 0.4) is 0 Å². The van der Waals surface area contributed by atoms with Gasteiger partial charge in [0.15, 0.2) is 11.6 Å². The van der Waals surface area contributed by atoms with Gasteiger partial charge in [-0.2, -0.15) is 0 Å². The molecule has 2 aliphatic heterocycles. The lowest BCUT2D eigenvalue weighted by Crippen LogP contribution is -2.26. The molecule has 0 saturated carbocycles. The fourth-order valence-electron chi connectivity index (χ4n) is 1.41. The molecular weight excluding hydrogens is 164 g/mol. The molecule has 0 fully saturated rings. The lowest BCUT2D eigenvalue weighted by Gasteiger charge is -2.18. The van der Waals surface area contributed by atoms with Gasteiger partial charge in [0.1, 0.15) is 6.61 Å². The SMILES string of the molecule is CC1(C)C=CNC2=NCCOC2=C1. The monoisotopic (exact) mass is 178 g/mol. The van der Waals surface area contributed by atoms with Gasteiger partial charge < -0.3 is 10.1 Å². The summed E-state index contributed by atoms with van der Waals surface area (Å²) in [5, 5.41) is 3.12. The van der Waals surface area contributed by atoms with Gasteiger partial charge in [0.2, 0.25) is 0 Å². The highest BCUT2D eigenvalue weighted by atomic mass is 16.5. The van der Waals surface area contributed by atoms with Crippen molar-refractivity contribution in [2.45, 2.75) is 13.8 Å². The minimum Gasteiger partial charge on any atom is -0.488 e. The highest BCUT2D eigenvalue weighted by Gasteiger charge is 2.20. The van der Waals surface area contributed by atoms with Crippen molar-refractivity contribution in [3.63, 3.8) is 0 Å². The highest BCUT2D eigenvalue weighted by Crippen LogP contribution is 2.24. The zero-order valence-electron chi connectivity index (χ0n) is 8.00. The van der Waals surface area contributed by atoms with Crippen molar-refractivity contribution in [1.82, 2.24) is 5.32 Å². The second kappa shape index (κ2) is 2.91. The molecule has 0 unspecified atom stereocenters. The quantitative estimate of drug-likeness (QED) is 0.609. The van der Waals surface area contributed by atoms with Gasteiger partial charge in [-0.15, -0.1) is 0 Å². The minimum atomic E-state index is 0.0386. The summed E-state index contributed by atoms with van der Waals surface area (Å²) in [7, 11) is 0. The predicted octanol–water partition coefficient (Wildman–Crippen LogP) is 1.44. The second-order valence-corrected chi connectivity index (χ2v) is 3.89. The Balaban J connectivity index is 2.37. The Morgan fingerprint density at radius 3 is 3.23 bits per heavy atom. The molecule has 0 aliphatic carbocycles. The summed E-state index contributed by atoms with van der Waals surface area (Å²) in [5.74, 6) is 1.73. The van der Waals surface area contributed by atoms with Crippen LogP contribution in [0.1, 0.15) is 13.8 Å². The van der Waals surface area contributed by atoms with E-state index in [4.69, 9.17) is 4.74 Å². The number of hydrogen-bond acceptors (Lipinski definition) is 3. The predicted molar refractivity (Wildman–Crippen MR) is 52.4 cm³/mol. The normalized spacial score (nSPS) is 24.5. The van der Waals surface area contributed by atoms with Gasteiger partial charge in [-0.25, -0.2) is 0 Å². The van der Waals surface area contributed by atoms with E-state index in [0.29, 0.717) is 6.61 Å². The van der Waals surface area contributed by atoms with E-state index < -0.39 is 0 Å². The molecule has 3 nitrogen and oxygen atoms in total. The van der Waals surface area contributed by atoms with E-state index in [0.717, 1.165) is 18.1 Å². The van der Waals surface area contributed by atoms with E-state index in [1.807, 2.05) is 6.20 Å². The average Bonchev–Trinajstić information content (AvgIpc) is 2.21. The molecule has 0 aromatic rings. The van der Waals surface area contributed by atoms with Crippen molar-refractivity contribution < 1.29 is 4.74 Å². The highest BCUT2D eigenvalue weighted by molar-refractivity contribution is 5.98. The Morgan fingerprint density at radius 1 is 1.54 bits per heavy atom. The molecule has 1 N–H and O–H groups in total. The molecular formula is C10H14N2O. The van der Waals surface area contributed by atoms with E-state index >= 15 is 0 Å². The lowest BCUT2D eigenvalue weighted by molar-refractivity contribution is 0.226. The van der Waals surface area contributed by atoms with Gasteiger partial charge in [0.05, 0.1) is 6.54 Å². The summed E-state index contributed by atoms with van der Waals surface area (Å²) in [4.78, 5) is 4.34. The molecule has 3 heteroatoms. The third-order valence-electron chi connectivity index (χ3n) is 2.09. The van der Waals surface area contributed by atoms with Gasteiger partial charge in [-0.3, -0.25) is 4.99 Å². The van der Waals surface area contributed by atoms with Crippen LogP contribution < -0.4 is 5.32 Å². The van der Waals surface area contributed by atoms with Crippen LogP contribution in [-0.4, -0.2) is 19.0 Å². The van der Waals surface area contributed by atoms with Gasteiger partial charge in [-0.05, 0) is 12.3 Å². The molecule has 13 heavy (non-hydrogen) atoms. The molecule has 70 valence electrons. The maximum absolute atomic E-state index is 5.53. The molecule has 0 radical (unpaired) electrons. The van der Waals surface area contributed by atoms with E-state index in [1.54, 1.807) is 0 Å². The first-order valence-corrected chi connectivity index (χ1v) is 4.52. The molecule has 0 aromatic carbocycles. The first-order chi connectivity index (χ1) is 6.17. The average molecular weight is 178 g/mol. The summed E-state index contributed by atoms with van der Waals surface area (Å²) in [6.45, 7) is 5.71. The van der Waals surface area contributed by atoms with E-state index in [9.17, 15) is 0 Å². The first kappa shape index (κ1) is 8.35. The number of ether oxygens (including phenoxy) is 1. The van der Waals surface area contributed by atoms with Crippen molar-refractivity contribution in [2.24, 2.45) is 10.4 Å². The number of rotatable bonds is 0. The van der Waals surface area contributed by atoms with Gasteiger partial charge in [0.25, 0.3) is 0 Å². The molecule has 0 atom stereocenters. The Hall–Kier alpha value is -1.25. The largest absolute Gasteiger partial charge is 0.488 e. The lowest BCUT2D eigenvalue weighted by atomic mass is 9.93. The topological polar surface area (TPSA) is 33.6 Å². The number of nitrogens with zero attached hydrogens (tertiary/aromatic N) is 1. The van der Waals surface area contributed by atoms with Crippen molar-refractivity contribution in [1.29, 1.82) is 0 Å². The minimum absolute atomic E-state index is 0.0386. The number of allylic oxidation sites excluding steroid dienone is 2. The summed E-state index contributed by atoms with van der Waals surface area (Å²) in [6.07, 6.45) is 6.13. The smallest absolute Gasteiger partial charge is 0.167 e. The van der Waals surface area contributed by atoms with Crippen molar-refractivity contribution in [3.8, 4) is 0 Å². The summed E-state index contributed by atoms with van der Waals surface area (Å²) in [5.41, 5.74) is 0.0386. The molecule has 0 bridgehead atoms. The molecule has 0 aromatic heterocycles. The molecule has 2 rings (SSSR count). The van der Waals surface area contributed by atoms with Crippen LogP contribution in [0.4, 0.5) is 0 Å². The third-order valence-corrected chi connectivity index (χ3v) is 2.09. The van der Waals surface area contributed by atoms with Crippen LogP contribution in [0.15, 0.2) is 29.1 Å². The van der Waals surface area contributed by atoms with Gasteiger partial charge in [-0.1, -0.05) is 19.9 Å². The molecule has 0 saturated heterocycles. The maximum Gasteiger partial charge on any atom is 0.167 e. The zero-order chi connectivity index (χ0) is 9.31. The zero-order valence-corrected chi connectivity index (χ0v) is 8.00. The van der Waals surface area contributed by atoms with Crippen molar-refractivity contribution in [2.75, 3.05) is 13.2 Å². The number of fused-ring (bicyclic) bond motifs is 1. The van der Waals surface area contributed by atoms with E-state index in [2.05, 4.69) is 36.3 Å². The van der Waals surface area contributed by atoms with Crippen LogP contribution in [0.25, 0.3) is 0 Å². The van der Waals surface area contributed by atoms with Crippen molar-refractivity contribution >= 4 is 5.84 Å². The number of amidine groups is 1. The Bertz CT molecular complexity index is 300. The standard InChI is InChI=1S/C10H14N2O/c1-10(2)3-4-11-9-8(7-10)13-6-5-12-9/h3-4,7H,5-6H2,1-2H3,(H,11,12). The van der Waals surface area contributed by atoms with Crippen LogP contribution in [0.5, 0.6) is 0 Å². The molecule has 0 spiro atoms. The van der Waals surface area contributed by atoms with Crippen LogP contribution in [0.2, 0.25) is 0 Å². The van der Waals surface area contributed by atoms with E-state index in [-0.39, 0.29) is 5.41 Å². The molecule has 2 aliphatic rings. The fraction of sp³-hybridized carbons (Fsp3) is 0.500. The maximum atomic E-state index is 5.53. The van der Waals surface area contributed by atoms with Crippen LogP contribution in [-0.2, 0) is 4.74 Å². The third kappa shape index (κ3) is 1.74. The fourth-order valence-corrected chi connectivity index (χ4v) is 1.41. The van der Waals surface area contributed by atoms with Crippen molar-refractivity contribution in [3.05, 3.63) is 24.1 Å². The second-order valence-electron chi connectivity index (χ2n) is 3.89. The van der Waals surface area contributed by atoms with Crippen LogP contribution in [0, 0.1) is 5.41 Å². The summed E-state index contributed by atoms with van der Waals surface area (Å²) < 4.78 is 5.53. The van der Waals surface area contributed by atoms with Gasteiger partial charge >= 0.3 is 0 Å². The van der Waals surface area contributed by atoms with Crippen LogP contribution >= 0.6 is 0 Å². The Morgan fingerprint density at radius 2 is 2.38 bits per heavy atom. The Kier molecular flexibility index (Phi) is 1.87. The molecule has 0 amide bonds. The first-order valence-electron chi connectivity index (χ1n) is 4.52. The number of aliphatic imine (C=N–C) groups is 1. The van der Waals surface area contributed by atoms with E-state index in [1.165, 1.54) is 0 Å². The number of nitrogens with one attached hydrogen (secondary N) is 1. The Labute approximate surface area is 78.2 Å². The van der Waals surface area contributed by atoms with Gasteiger partial charge in [0, 0.05) is 5.41 Å². The number of hydrogen-bond donors (Lipinski definition) is 1.